The second-order valence-electron chi connectivity index (χ2n) is 6.89. The van der Waals surface area contributed by atoms with Crippen molar-refractivity contribution < 1.29 is 18.1 Å². The third-order valence-electron chi connectivity index (χ3n) is 4.50. The van der Waals surface area contributed by atoms with E-state index in [2.05, 4.69) is 5.10 Å². The molecule has 1 aromatic heterocycles. The Labute approximate surface area is 166 Å². The van der Waals surface area contributed by atoms with Crippen molar-refractivity contribution in [2.24, 2.45) is 0 Å². The molecule has 0 amide bonds. The third kappa shape index (κ3) is 4.88. The first-order chi connectivity index (χ1) is 13.2. The minimum absolute atomic E-state index is 0.530. The molecule has 0 aliphatic carbocycles. The molecule has 4 nitrogen and oxygen atoms in total. The first-order valence-corrected chi connectivity index (χ1v) is 9.30. The topological polar surface area (TPSA) is 27.2 Å². The predicted molar refractivity (Wildman–Crippen MR) is 103 cm³/mol. The van der Waals surface area contributed by atoms with E-state index in [1.54, 1.807) is 4.68 Å². The van der Waals surface area contributed by atoms with E-state index in [9.17, 15) is 13.2 Å². The van der Waals surface area contributed by atoms with Crippen molar-refractivity contribution in [3.05, 3.63) is 81.9 Å². The summed E-state index contributed by atoms with van der Waals surface area (Å²) in [4.78, 5) is 1.07. The molecule has 2 aromatic carbocycles. The van der Waals surface area contributed by atoms with Crippen LogP contribution in [0.5, 0.6) is 0 Å². The molecule has 3 rings (SSSR count). The molecule has 1 heterocycles. The standard InChI is InChI=1S/C20H21F3N4S/c1-15-24-27(19(28)26(15)13-16-6-4-3-5-7-16)14-25(2)12-17-8-10-18(11-9-17)20(21,22)23/h3-11H,12-14H2,1-2H3/p+1. The molecule has 1 unspecified atom stereocenters. The van der Waals surface area contributed by atoms with Gasteiger partial charge in [0.15, 0.2) is 6.67 Å². The van der Waals surface area contributed by atoms with Crippen LogP contribution in [0.15, 0.2) is 54.6 Å². The summed E-state index contributed by atoms with van der Waals surface area (Å²) in [5.41, 5.74) is 1.34. The maximum Gasteiger partial charge on any atom is 0.416 e. The molecule has 0 radical (unpaired) electrons. The van der Waals surface area contributed by atoms with Crippen molar-refractivity contribution in [2.75, 3.05) is 7.05 Å². The SMILES string of the molecule is Cc1nn(C[NH+](C)Cc2ccc(C(F)(F)F)cc2)c(=S)n1Cc1ccccc1. The van der Waals surface area contributed by atoms with Crippen molar-refractivity contribution in [2.45, 2.75) is 32.9 Å². The largest absolute Gasteiger partial charge is 0.416 e. The highest BCUT2D eigenvalue weighted by atomic mass is 32.1. The van der Waals surface area contributed by atoms with Gasteiger partial charge in [-0.15, -0.1) is 0 Å². The van der Waals surface area contributed by atoms with Gasteiger partial charge in [-0.05, 0) is 36.8 Å². The lowest BCUT2D eigenvalue weighted by Gasteiger charge is -2.14. The van der Waals surface area contributed by atoms with Gasteiger partial charge in [-0.2, -0.15) is 23.0 Å². The van der Waals surface area contributed by atoms with Crippen LogP contribution in [0, 0.1) is 11.7 Å². The highest BCUT2D eigenvalue weighted by Gasteiger charge is 2.30. The van der Waals surface area contributed by atoms with Crippen molar-refractivity contribution in [1.29, 1.82) is 0 Å². The lowest BCUT2D eigenvalue weighted by Crippen LogP contribution is -3.07. The Morgan fingerprint density at radius 1 is 1.00 bits per heavy atom. The monoisotopic (exact) mass is 407 g/mol. The zero-order valence-electron chi connectivity index (χ0n) is 15.7. The van der Waals surface area contributed by atoms with E-state index >= 15 is 0 Å². The number of nitrogens with one attached hydrogen (secondary N) is 1. The van der Waals surface area contributed by atoms with Gasteiger partial charge in [-0.3, -0.25) is 4.57 Å². The molecular formula is C20H22F3N4S+. The molecule has 0 saturated heterocycles. The van der Waals surface area contributed by atoms with E-state index in [0.29, 0.717) is 24.5 Å². The van der Waals surface area contributed by atoms with Gasteiger partial charge in [-0.25, -0.2) is 0 Å². The van der Waals surface area contributed by atoms with E-state index in [1.807, 2.05) is 48.9 Å². The van der Waals surface area contributed by atoms with E-state index in [0.717, 1.165) is 34.0 Å². The summed E-state index contributed by atoms with van der Waals surface area (Å²) in [5, 5.41) is 4.54. The first-order valence-electron chi connectivity index (χ1n) is 8.89. The molecule has 148 valence electrons. The fourth-order valence-electron chi connectivity index (χ4n) is 3.07. The van der Waals surface area contributed by atoms with Crippen LogP contribution in [-0.4, -0.2) is 21.4 Å². The van der Waals surface area contributed by atoms with Gasteiger partial charge in [0.05, 0.1) is 19.2 Å². The number of halogens is 3. The highest BCUT2D eigenvalue weighted by Crippen LogP contribution is 2.28. The number of hydrogen-bond acceptors (Lipinski definition) is 2. The molecule has 0 spiro atoms. The molecule has 0 bridgehead atoms. The Kier molecular flexibility index (Phi) is 6.00. The van der Waals surface area contributed by atoms with Gasteiger partial charge in [0.1, 0.15) is 12.4 Å². The fraction of sp³-hybridized carbons (Fsp3) is 0.300. The molecular weight excluding hydrogens is 385 g/mol. The summed E-state index contributed by atoms with van der Waals surface area (Å²) in [7, 11) is 1.96. The molecule has 8 heteroatoms. The van der Waals surface area contributed by atoms with Crippen LogP contribution in [0.1, 0.15) is 22.5 Å². The second kappa shape index (κ2) is 8.28. The lowest BCUT2D eigenvalue weighted by atomic mass is 10.1. The van der Waals surface area contributed by atoms with Gasteiger partial charge in [0, 0.05) is 5.56 Å². The third-order valence-corrected chi connectivity index (χ3v) is 4.93. The molecule has 0 aliphatic rings. The van der Waals surface area contributed by atoms with Crippen LogP contribution >= 0.6 is 12.2 Å². The van der Waals surface area contributed by atoms with Gasteiger partial charge in [0.2, 0.25) is 4.77 Å². The number of aryl methyl sites for hydroxylation is 1. The average molecular weight is 407 g/mol. The summed E-state index contributed by atoms with van der Waals surface area (Å²) < 4.78 is 42.4. The zero-order valence-corrected chi connectivity index (χ0v) is 16.5. The molecule has 0 fully saturated rings. The Morgan fingerprint density at radius 2 is 1.64 bits per heavy atom. The van der Waals surface area contributed by atoms with Crippen LogP contribution < -0.4 is 4.90 Å². The smallest absolute Gasteiger partial charge is 0.315 e. The zero-order chi connectivity index (χ0) is 20.3. The summed E-state index contributed by atoms with van der Waals surface area (Å²) in [5.74, 6) is 0.830. The molecule has 0 saturated carbocycles. The van der Waals surface area contributed by atoms with Crippen molar-refractivity contribution in [1.82, 2.24) is 14.3 Å². The molecule has 1 N–H and O–H groups in total. The predicted octanol–water partition coefficient (Wildman–Crippen LogP) is 3.46. The Morgan fingerprint density at radius 3 is 2.25 bits per heavy atom. The molecule has 3 aromatic rings. The maximum absolute atomic E-state index is 12.7. The number of nitrogens with zero attached hydrogens (tertiary/aromatic N) is 3. The number of hydrogen-bond donors (Lipinski definition) is 1. The number of rotatable bonds is 6. The summed E-state index contributed by atoms with van der Waals surface area (Å²) in [6.07, 6.45) is -4.31. The van der Waals surface area contributed by atoms with Crippen LogP contribution in [0.4, 0.5) is 13.2 Å². The summed E-state index contributed by atoms with van der Waals surface area (Å²) in [6.45, 7) is 3.68. The van der Waals surface area contributed by atoms with E-state index < -0.39 is 11.7 Å². The van der Waals surface area contributed by atoms with Gasteiger partial charge in [0.25, 0.3) is 0 Å². The normalized spacial score (nSPS) is 12.9. The van der Waals surface area contributed by atoms with E-state index in [1.165, 1.54) is 12.1 Å². The average Bonchev–Trinajstić information content (AvgIpc) is 2.89. The number of aromatic nitrogens is 3. The quantitative estimate of drug-likeness (QED) is 0.634. The minimum Gasteiger partial charge on any atom is -0.315 e. The van der Waals surface area contributed by atoms with Crippen LogP contribution in [0.2, 0.25) is 0 Å². The van der Waals surface area contributed by atoms with Crippen molar-refractivity contribution in [3.8, 4) is 0 Å². The van der Waals surface area contributed by atoms with Gasteiger partial charge >= 0.3 is 6.18 Å². The number of quaternary nitrogens is 1. The van der Waals surface area contributed by atoms with Gasteiger partial charge in [-0.1, -0.05) is 42.5 Å². The lowest BCUT2D eigenvalue weighted by molar-refractivity contribution is -0.917. The van der Waals surface area contributed by atoms with Gasteiger partial charge < -0.3 is 4.90 Å². The Balaban J connectivity index is 1.68. The summed E-state index contributed by atoms with van der Waals surface area (Å²) in [6, 6.07) is 15.3. The van der Waals surface area contributed by atoms with E-state index in [4.69, 9.17) is 12.2 Å². The maximum atomic E-state index is 12.7. The Hall–Kier alpha value is -2.45. The summed E-state index contributed by atoms with van der Waals surface area (Å²) >= 11 is 5.58. The first kappa shape index (κ1) is 20.3. The molecule has 1 atom stereocenters. The minimum atomic E-state index is -4.31. The van der Waals surface area contributed by atoms with Crippen molar-refractivity contribution >= 4 is 12.2 Å². The van der Waals surface area contributed by atoms with Crippen LogP contribution in [0.25, 0.3) is 0 Å². The van der Waals surface area contributed by atoms with Crippen LogP contribution in [0.3, 0.4) is 0 Å². The van der Waals surface area contributed by atoms with E-state index in [-0.39, 0.29) is 0 Å². The fourth-order valence-corrected chi connectivity index (χ4v) is 3.37. The number of alkyl halides is 3. The molecule has 0 aliphatic heterocycles. The van der Waals surface area contributed by atoms with Crippen LogP contribution in [-0.2, 0) is 25.9 Å². The Bertz CT molecular complexity index is 975. The second-order valence-corrected chi connectivity index (χ2v) is 7.25. The number of benzene rings is 2. The highest BCUT2D eigenvalue weighted by molar-refractivity contribution is 7.71. The van der Waals surface area contributed by atoms with Crippen molar-refractivity contribution in [3.63, 3.8) is 0 Å². The molecule has 28 heavy (non-hydrogen) atoms.